The van der Waals surface area contributed by atoms with Gasteiger partial charge in [-0.3, -0.25) is 0 Å². The summed E-state index contributed by atoms with van der Waals surface area (Å²) >= 11 is 0. The molecule has 0 N–H and O–H groups in total. The van der Waals surface area contributed by atoms with Crippen molar-refractivity contribution in [2.24, 2.45) is 0 Å². The Morgan fingerprint density at radius 2 is 1.00 bits per heavy atom. The lowest BCUT2D eigenvalue weighted by atomic mass is 9.91. The van der Waals surface area contributed by atoms with Crippen molar-refractivity contribution in [3.05, 3.63) is 175 Å². The van der Waals surface area contributed by atoms with Crippen LogP contribution in [0.25, 0.3) is 44.9 Å². The van der Waals surface area contributed by atoms with Gasteiger partial charge in [0.25, 0.3) is 0 Å². The smallest absolute Gasteiger partial charge is 0.0537 e. The van der Waals surface area contributed by atoms with Crippen molar-refractivity contribution < 1.29 is 0 Å². The van der Waals surface area contributed by atoms with E-state index in [1.165, 1.54) is 50.1 Å². The van der Waals surface area contributed by atoms with Gasteiger partial charge in [-0.25, -0.2) is 0 Å². The Morgan fingerprint density at radius 3 is 1.62 bits per heavy atom. The molecule has 6 aromatic carbocycles. The van der Waals surface area contributed by atoms with Crippen molar-refractivity contribution in [2.45, 2.75) is 19.3 Å². The molecule has 1 atom stereocenters. The zero-order valence-electron chi connectivity index (χ0n) is 25.3. The van der Waals surface area contributed by atoms with Crippen molar-refractivity contribution in [3.8, 4) is 27.9 Å². The van der Waals surface area contributed by atoms with Gasteiger partial charge in [0.1, 0.15) is 0 Å². The molecule has 0 spiro atoms. The third-order valence-corrected chi connectivity index (χ3v) is 9.04. The number of aromatic nitrogens is 1. The summed E-state index contributed by atoms with van der Waals surface area (Å²) < 4.78 is 2.42. The topological polar surface area (TPSA) is 8.17 Å². The number of hydrogen-bond acceptors (Lipinski definition) is 1. The first-order chi connectivity index (χ1) is 22.2. The number of hydrogen-bond donors (Lipinski definition) is 0. The second-order valence-electron chi connectivity index (χ2n) is 11.9. The van der Waals surface area contributed by atoms with Gasteiger partial charge in [-0.1, -0.05) is 116 Å². The number of para-hydroxylation sites is 2. The van der Waals surface area contributed by atoms with Crippen LogP contribution in [0.5, 0.6) is 0 Å². The highest BCUT2D eigenvalue weighted by molar-refractivity contribution is 5.91. The summed E-state index contributed by atoms with van der Waals surface area (Å²) in [6.45, 7) is 2.34. The van der Waals surface area contributed by atoms with E-state index in [2.05, 4.69) is 186 Å². The maximum Gasteiger partial charge on any atom is 0.0537 e. The van der Waals surface area contributed by atoms with Gasteiger partial charge in [-0.05, 0) is 101 Å². The lowest BCUT2D eigenvalue weighted by Crippen LogP contribution is -2.09. The van der Waals surface area contributed by atoms with Crippen LogP contribution in [0, 0.1) is 0 Å². The Bertz CT molecular complexity index is 2100. The number of rotatable bonds is 6. The average molecular weight is 579 g/mol. The Morgan fingerprint density at radius 1 is 0.511 bits per heavy atom. The minimum absolute atomic E-state index is 0.520. The maximum absolute atomic E-state index is 2.42. The van der Waals surface area contributed by atoms with Crippen molar-refractivity contribution >= 4 is 34.0 Å². The van der Waals surface area contributed by atoms with Crippen molar-refractivity contribution in [1.82, 2.24) is 4.57 Å². The summed E-state index contributed by atoms with van der Waals surface area (Å²) in [5.74, 6) is 0.520. The highest BCUT2D eigenvalue weighted by Crippen LogP contribution is 2.40. The Kier molecular flexibility index (Phi) is 6.88. The zero-order chi connectivity index (χ0) is 30.2. The van der Waals surface area contributed by atoms with E-state index in [-0.39, 0.29) is 0 Å². The normalized spacial score (nSPS) is 13.9. The van der Waals surface area contributed by atoms with Gasteiger partial charge in [-0.15, -0.1) is 0 Å². The highest BCUT2D eigenvalue weighted by atomic mass is 15.1. The lowest BCUT2D eigenvalue weighted by Gasteiger charge is -2.26. The quantitative estimate of drug-likeness (QED) is 0.191. The van der Waals surface area contributed by atoms with Crippen LogP contribution in [0.15, 0.2) is 164 Å². The van der Waals surface area contributed by atoms with Crippen LogP contribution in [0.2, 0.25) is 0 Å². The first-order valence-electron chi connectivity index (χ1n) is 15.8. The molecule has 2 nitrogen and oxygen atoms in total. The molecule has 1 aliphatic rings. The Hall–Kier alpha value is -5.60. The zero-order valence-corrected chi connectivity index (χ0v) is 25.3. The summed E-state index contributed by atoms with van der Waals surface area (Å²) in [7, 11) is 0. The number of anilines is 3. The molecular formula is C43H34N2. The van der Waals surface area contributed by atoms with E-state index in [4.69, 9.17) is 0 Å². The summed E-state index contributed by atoms with van der Waals surface area (Å²) in [5.41, 5.74) is 13.5. The molecule has 0 radical (unpaired) electrons. The van der Waals surface area contributed by atoms with Gasteiger partial charge >= 0.3 is 0 Å². The van der Waals surface area contributed by atoms with Gasteiger partial charge in [0, 0.05) is 33.8 Å². The van der Waals surface area contributed by atoms with E-state index in [1.54, 1.807) is 0 Å². The van der Waals surface area contributed by atoms with Gasteiger partial charge in [0.2, 0.25) is 0 Å². The fourth-order valence-corrected chi connectivity index (χ4v) is 6.81. The maximum atomic E-state index is 2.42. The molecule has 0 bridgehead atoms. The third-order valence-electron chi connectivity index (χ3n) is 9.04. The molecule has 45 heavy (non-hydrogen) atoms. The Balaban J connectivity index is 1.11. The largest absolute Gasteiger partial charge is 0.311 e. The van der Waals surface area contributed by atoms with Crippen LogP contribution in [-0.2, 0) is 0 Å². The highest BCUT2D eigenvalue weighted by Gasteiger charge is 2.22. The standard InChI is InChI=1S/C43H34N2/c1-31-11-10-18-42-43(31)40-16-8-9-17-41(40)45(42)39-29-23-35(24-30-39)34-21-27-38(28-22-34)44(36-14-6-3-7-15-36)37-25-19-33(20-26-37)32-12-4-2-5-13-32/h2-10,12-31H,11H2,1H3. The Labute approximate surface area is 265 Å². The van der Waals surface area contributed by atoms with E-state index in [0.717, 1.165) is 23.5 Å². The summed E-state index contributed by atoms with van der Waals surface area (Å²) in [5, 5.41) is 1.36. The van der Waals surface area contributed by atoms with E-state index in [0.29, 0.717) is 5.92 Å². The number of allylic oxidation sites excluding steroid dienone is 1. The van der Waals surface area contributed by atoms with E-state index >= 15 is 0 Å². The molecular weight excluding hydrogens is 544 g/mol. The molecule has 1 heterocycles. The van der Waals surface area contributed by atoms with Crippen LogP contribution in [-0.4, -0.2) is 4.57 Å². The number of nitrogens with zero attached hydrogens (tertiary/aromatic N) is 2. The second-order valence-corrected chi connectivity index (χ2v) is 11.9. The predicted octanol–water partition coefficient (Wildman–Crippen LogP) is 12.0. The van der Waals surface area contributed by atoms with Gasteiger partial charge < -0.3 is 9.47 Å². The molecule has 0 aliphatic heterocycles. The van der Waals surface area contributed by atoms with Crippen molar-refractivity contribution in [2.75, 3.05) is 4.90 Å². The van der Waals surface area contributed by atoms with Crippen LogP contribution in [0.4, 0.5) is 17.1 Å². The SMILES string of the molecule is CC1CC=Cc2c1c1ccccc1n2-c1ccc(-c2ccc(N(c3ccccc3)c3ccc(-c4ccccc4)cc3)cc2)cc1. The summed E-state index contributed by atoms with van der Waals surface area (Å²) in [6, 6.07) is 56.7. The molecule has 8 rings (SSSR count). The van der Waals surface area contributed by atoms with Crippen molar-refractivity contribution in [3.63, 3.8) is 0 Å². The van der Waals surface area contributed by atoms with Crippen LogP contribution < -0.4 is 4.90 Å². The molecule has 0 saturated carbocycles. The molecule has 1 unspecified atom stereocenters. The van der Waals surface area contributed by atoms with E-state index in [9.17, 15) is 0 Å². The summed E-state index contributed by atoms with van der Waals surface area (Å²) in [4.78, 5) is 2.32. The molecule has 1 aliphatic carbocycles. The lowest BCUT2D eigenvalue weighted by molar-refractivity contribution is 0.773. The molecule has 0 amide bonds. The monoisotopic (exact) mass is 578 g/mol. The van der Waals surface area contributed by atoms with E-state index in [1.807, 2.05) is 0 Å². The van der Waals surface area contributed by atoms with Crippen molar-refractivity contribution in [1.29, 1.82) is 0 Å². The van der Waals surface area contributed by atoms with Crippen LogP contribution >= 0.6 is 0 Å². The van der Waals surface area contributed by atoms with Crippen LogP contribution in [0.3, 0.4) is 0 Å². The van der Waals surface area contributed by atoms with E-state index < -0.39 is 0 Å². The fourth-order valence-electron chi connectivity index (χ4n) is 6.81. The molecule has 0 saturated heterocycles. The first-order valence-corrected chi connectivity index (χ1v) is 15.8. The number of fused-ring (bicyclic) bond motifs is 3. The van der Waals surface area contributed by atoms with Gasteiger partial charge in [0.05, 0.1) is 5.52 Å². The molecule has 1 aromatic heterocycles. The number of benzene rings is 6. The summed E-state index contributed by atoms with van der Waals surface area (Å²) in [6.07, 6.45) is 5.71. The second kappa shape index (κ2) is 11.5. The third kappa shape index (κ3) is 4.95. The molecule has 2 heteroatoms. The predicted molar refractivity (Wildman–Crippen MR) is 191 cm³/mol. The van der Waals surface area contributed by atoms with Gasteiger partial charge in [-0.2, -0.15) is 0 Å². The van der Waals surface area contributed by atoms with Gasteiger partial charge in [0.15, 0.2) is 0 Å². The minimum Gasteiger partial charge on any atom is -0.311 e. The fraction of sp³-hybridized carbons (Fsp3) is 0.0698. The first kappa shape index (κ1) is 27.0. The molecule has 0 fully saturated rings. The van der Waals surface area contributed by atoms with Crippen LogP contribution in [0.1, 0.15) is 30.5 Å². The molecule has 216 valence electrons. The minimum atomic E-state index is 0.520. The molecule has 7 aromatic rings. The average Bonchev–Trinajstić information content (AvgIpc) is 3.45.